The first kappa shape index (κ1) is 14.9. The van der Waals surface area contributed by atoms with Crippen LogP contribution in [0.1, 0.15) is 20.8 Å². The van der Waals surface area contributed by atoms with Crippen molar-refractivity contribution >= 4 is 11.9 Å². The van der Waals surface area contributed by atoms with Crippen molar-refractivity contribution < 1.29 is 19.1 Å². The summed E-state index contributed by atoms with van der Waals surface area (Å²) in [6.07, 6.45) is -0.547. The van der Waals surface area contributed by atoms with E-state index in [4.69, 9.17) is 9.47 Å². The summed E-state index contributed by atoms with van der Waals surface area (Å²) in [7, 11) is 1.62. The van der Waals surface area contributed by atoms with Gasteiger partial charge in [0.25, 0.3) is 0 Å². The number of likely N-dealkylation sites (tertiary alicyclic amines) is 1. The molecule has 0 aliphatic carbocycles. The van der Waals surface area contributed by atoms with Crippen molar-refractivity contribution in [1.29, 1.82) is 0 Å². The average Bonchev–Trinajstić information content (AvgIpc) is 2.53. The highest BCUT2D eigenvalue weighted by atomic mass is 16.6. The Hall–Kier alpha value is -1.14. The van der Waals surface area contributed by atoms with E-state index in [-0.39, 0.29) is 5.78 Å². The third-order valence-electron chi connectivity index (χ3n) is 2.51. The number of ether oxygens (including phenoxy) is 2. The molecule has 0 spiro atoms. The second-order valence-electron chi connectivity index (χ2n) is 5.39. The van der Waals surface area contributed by atoms with E-state index in [0.29, 0.717) is 26.2 Å². The Morgan fingerprint density at radius 2 is 2.17 bits per heavy atom. The number of hydrogen-bond acceptors (Lipinski definition) is 5. The number of ketones is 1. The zero-order chi connectivity index (χ0) is 13.8. The van der Waals surface area contributed by atoms with Crippen LogP contribution in [0.3, 0.4) is 0 Å². The normalized spacial score (nSPS) is 21.1. The molecule has 1 atom stereocenters. The summed E-state index contributed by atoms with van der Waals surface area (Å²) in [6, 6.07) is -0.475. The van der Waals surface area contributed by atoms with E-state index in [1.165, 1.54) is 0 Å². The Bertz CT molecular complexity index is 312. The second-order valence-corrected chi connectivity index (χ2v) is 5.39. The smallest absolute Gasteiger partial charge is 0.408 e. The predicted octanol–water partition coefficient (Wildman–Crippen LogP) is 0.411. The summed E-state index contributed by atoms with van der Waals surface area (Å²) in [6.45, 7) is 7.49. The molecule has 1 heterocycles. The molecule has 1 saturated heterocycles. The van der Waals surface area contributed by atoms with E-state index < -0.39 is 17.7 Å². The fourth-order valence-corrected chi connectivity index (χ4v) is 1.72. The maximum atomic E-state index is 11.7. The number of alkyl carbamates (subject to hydrolysis) is 1. The molecule has 0 unspecified atom stereocenters. The molecule has 1 N–H and O–H groups in total. The third-order valence-corrected chi connectivity index (χ3v) is 2.51. The van der Waals surface area contributed by atoms with Crippen LogP contribution in [0, 0.1) is 0 Å². The quantitative estimate of drug-likeness (QED) is 0.791. The molecule has 1 aliphatic rings. The Morgan fingerprint density at radius 3 is 2.72 bits per heavy atom. The molecule has 0 aromatic rings. The van der Waals surface area contributed by atoms with Gasteiger partial charge in [0, 0.05) is 20.2 Å². The molecule has 0 bridgehead atoms. The Labute approximate surface area is 108 Å². The van der Waals surface area contributed by atoms with Crippen LogP contribution in [0.25, 0.3) is 0 Å². The predicted molar refractivity (Wildman–Crippen MR) is 66.5 cm³/mol. The Balaban J connectivity index is 2.39. The van der Waals surface area contributed by atoms with Crippen molar-refractivity contribution in [3.8, 4) is 0 Å². The van der Waals surface area contributed by atoms with Gasteiger partial charge in [0.2, 0.25) is 0 Å². The van der Waals surface area contributed by atoms with Crippen LogP contribution in [0.4, 0.5) is 4.79 Å². The standard InChI is InChI=1S/C12H22N2O4/c1-12(2,3)18-11(16)13-9-7-14(5-6-17-4)8-10(9)15/h9H,5-8H2,1-4H3,(H,13,16)/t9-/m1/s1. The highest BCUT2D eigenvalue weighted by Gasteiger charge is 2.32. The fraction of sp³-hybridized carbons (Fsp3) is 0.833. The summed E-state index contributed by atoms with van der Waals surface area (Å²) < 4.78 is 10.1. The molecule has 1 fully saturated rings. The zero-order valence-electron chi connectivity index (χ0n) is 11.5. The van der Waals surface area contributed by atoms with Crippen molar-refractivity contribution in [3.63, 3.8) is 0 Å². The third kappa shape index (κ3) is 5.01. The van der Waals surface area contributed by atoms with E-state index in [1.54, 1.807) is 27.9 Å². The van der Waals surface area contributed by atoms with Crippen molar-refractivity contribution in [3.05, 3.63) is 0 Å². The lowest BCUT2D eigenvalue weighted by molar-refractivity contribution is -0.118. The Kier molecular flexibility index (Phi) is 5.10. The maximum Gasteiger partial charge on any atom is 0.408 e. The van der Waals surface area contributed by atoms with Crippen LogP contribution in [-0.4, -0.2) is 61.8 Å². The molecule has 6 heteroatoms. The first-order chi connectivity index (χ1) is 8.31. The van der Waals surface area contributed by atoms with Crippen LogP contribution >= 0.6 is 0 Å². The number of rotatable bonds is 4. The fourth-order valence-electron chi connectivity index (χ4n) is 1.72. The van der Waals surface area contributed by atoms with Gasteiger partial charge in [-0.25, -0.2) is 4.79 Å². The average molecular weight is 258 g/mol. The lowest BCUT2D eigenvalue weighted by Gasteiger charge is -2.21. The molecule has 0 aromatic carbocycles. The van der Waals surface area contributed by atoms with E-state index >= 15 is 0 Å². The topological polar surface area (TPSA) is 67.9 Å². The van der Waals surface area contributed by atoms with Crippen molar-refractivity contribution in [2.45, 2.75) is 32.4 Å². The minimum Gasteiger partial charge on any atom is -0.444 e. The SMILES string of the molecule is COCCN1CC(=O)[C@H](NC(=O)OC(C)(C)C)C1. The molecule has 1 rings (SSSR count). The number of hydrogen-bond donors (Lipinski definition) is 1. The summed E-state index contributed by atoms with van der Waals surface area (Å²) in [5, 5.41) is 2.60. The lowest BCUT2D eigenvalue weighted by Crippen LogP contribution is -2.43. The largest absolute Gasteiger partial charge is 0.444 e. The van der Waals surface area contributed by atoms with Crippen LogP contribution in [0.5, 0.6) is 0 Å². The number of Topliss-reactive ketones (excluding diaryl/α,β-unsaturated/α-hetero) is 1. The molecular weight excluding hydrogens is 236 g/mol. The first-order valence-corrected chi connectivity index (χ1v) is 6.05. The minimum atomic E-state index is -0.554. The first-order valence-electron chi connectivity index (χ1n) is 6.05. The van der Waals surface area contributed by atoms with Crippen molar-refractivity contribution in [2.75, 3.05) is 33.4 Å². The summed E-state index contributed by atoms with van der Waals surface area (Å²) in [4.78, 5) is 25.2. The van der Waals surface area contributed by atoms with Gasteiger partial charge < -0.3 is 14.8 Å². The number of carbonyl (C=O) groups is 2. The number of methoxy groups -OCH3 is 1. The summed E-state index contributed by atoms with van der Waals surface area (Å²) in [5.74, 6) is 0.0111. The van der Waals surface area contributed by atoms with E-state index in [1.807, 2.05) is 4.90 Å². The van der Waals surface area contributed by atoms with Crippen LogP contribution < -0.4 is 5.32 Å². The van der Waals surface area contributed by atoms with Crippen molar-refractivity contribution in [1.82, 2.24) is 10.2 Å². The van der Waals surface area contributed by atoms with E-state index in [2.05, 4.69) is 5.32 Å². The molecular formula is C12H22N2O4. The molecule has 104 valence electrons. The van der Waals surface area contributed by atoms with Gasteiger partial charge in [0.15, 0.2) is 5.78 Å². The van der Waals surface area contributed by atoms with Gasteiger partial charge in [0.1, 0.15) is 11.6 Å². The van der Waals surface area contributed by atoms with Gasteiger partial charge in [-0.2, -0.15) is 0 Å². The van der Waals surface area contributed by atoms with Crippen LogP contribution in [0.2, 0.25) is 0 Å². The lowest BCUT2D eigenvalue weighted by atomic mass is 10.2. The molecule has 1 amide bonds. The highest BCUT2D eigenvalue weighted by Crippen LogP contribution is 2.09. The Morgan fingerprint density at radius 1 is 1.50 bits per heavy atom. The van der Waals surface area contributed by atoms with Gasteiger partial charge in [0.05, 0.1) is 13.2 Å². The number of nitrogens with zero attached hydrogens (tertiary/aromatic N) is 1. The number of nitrogens with one attached hydrogen (secondary N) is 1. The number of carbonyl (C=O) groups excluding carboxylic acids is 2. The van der Waals surface area contributed by atoms with Gasteiger partial charge in [-0.05, 0) is 20.8 Å². The molecule has 1 aliphatic heterocycles. The van der Waals surface area contributed by atoms with Crippen LogP contribution in [-0.2, 0) is 14.3 Å². The molecule has 0 radical (unpaired) electrons. The molecule has 0 saturated carbocycles. The molecule has 0 aromatic heterocycles. The zero-order valence-corrected chi connectivity index (χ0v) is 11.5. The van der Waals surface area contributed by atoms with Gasteiger partial charge >= 0.3 is 6.09 Å². The van der Waals surface area contributed by atoms with Gasteiger partial charge in [-0.1, -0.05) is 0 Å². The maximum absolute atomic E-state index is 11.7. The summed E-state index contributed by atoms with van der Waals surface area (Å²) >= 11 is 0. The van der Waals surface area contributed by atoms with Crippen LogP contribution in [0.15, 0.2) is 0 Å². The highest BCUT2D eigenvalue weighted by molar-refractivity contribution is 5.91. The van der Waals surface area contributed by atoms with E-state index in [9.17, 15) is 9.59 Å². The summed E-state index contributed by atoms with van der Waals surface area (Å²) in [5.41, 5.74) is -0.554. The minimum absolute atomic E-state index is 0.0111. The monoisotopic (exact) mass is 258 g/mol. The van der Waals surface area contributed by atoms with Crippen molar-refractivity contribution in [2.24, 2.45) is 0 Å². The number of amides is 1. The van der Waals surface area contributed by atoms with Gasteiger partial charge in [-0.15, -0.1) is 0 Å². The van der Waals surface area contributed by atoms with E-state index in [0.717, 1.165) is 0 Å². The van der Waals surface area contributed by atoms with Gasteiger partial charge in [-0.3, -0.25) is 9.69 Å². The molecule has 18 heavy (non-hydrogen) atoms. The second kappa shape index (κ2) is 6.15. The molecule has 6 nitrogen and oxygen atoms in total.